The molecule has 0 radical (unpaired) electrons. The second-order valence-corrected chi connectivity index (χ2v) is 11.5. The Hall–Kier alpha value is -0.500. The van der Waals surface area contributed by atoms with Crippen molar-refractivity contribution in [2.45, 2.75) is 128 Å². The predicted octanol–water partition coefficient (Wildman–Crippen LogP) is 8.28. The van der Waals surface area contributed by atoms with Gasteiger partial charge in [0, 0.05) is 12.8 Å². The summed E-state index contributed by atoms with van der Waals surface area (Å²) in [4.78, 5) is 12.1. The average Bonchev–Trinajstić information content (AvgIpc) is 2.71. The van der Waals surface area contributed by atoms with Gasteiger partial charge in [0.1, 0.15) is 0 Å². The van der Waals surface area contributed by atoms with E-state index in [-0.39, 0.29) is 0 Å². The number of hydrogen-bond donors (Lipinski definition) is 0. The smallest absolute Gasteiger partial charge is 0.376 e. The molecule has 0 aliphatic heterocycles. The van der Waals surface area contributed by atoms with Crippen molar-refractivity contribution >= 4 is 8.03 Å². The van der Waals surface area contributed by atoms with Gasteiger partial charge in [-0.05, 0) is 51.4 Å². The quantitative estimate of drug-likeness (QED) is 0.0714. The van der Waals surface area contributed by atoms with E-state index >= 15 is 0 Å². The van der Waals surface area contributed by atoms with Crippen molar-refractivity contribution in [1.29, 1.82) is 0 Å². The summed E-state index contributed by atoms with van der Waals surface area (Å²) in [6.07, 6.45) is 28.2. The van der Waals surface area contributed by atoms with Gasteiger partial charge in [-0.25, -0.2) is 0 Å². The molecule has 2 atom stereocenters. The van der Waals surface area contributed by atoms with Gasteiger partial charge in [0.05, 0.1) is 21.1 Å². The largest absolute Gasteiger partial charge is 0.590 e. The van der Waals surface area contributed by atoms with Crippen LogP contribution in [0.25, 0.3) is 0 Å². The fourth-order valence-corrected chi connectivity index (χ4v) is 5.73. The topological polar surface area (TPSA) is 40.1 Å². The molecule has 0 aliphatic carbocycles. The molecule has 0 rings (SSSR count). The zero-order valence-electron chi connectivity index (χ0n) is 21.4. The van der Waals surface area contributed by atoms with Crippen LogP contribution in [-0.2, 0) is 4.57 Å². The Morgan fingerprint density at radius 2 is 1.16 bits per heavy atom. The van der Waals surface area contributed by atoms with E-state index in [1.807, 2.05) is 27.2 Å². The van der Waals surface area contributed by atoms with Crippen LogP contribution in [0.1, 0.15) is 122 Å². The molecule has 0 fully saturated rings. The molecule has 4 heteroatoms. The maximum atomic E-state index is 12.1. The van der Waals surface area contributed by atoms with Crippen LogP contribution in [0.5, 0.6) is 0 Å². The molecule has 0 amide bonds. The Morgan fingerprint density at radius 1 is 0.742 bits per heavy atom. The van der Waals surface area contributed by atoms with Gasteiger partial charge >= 0.3 is 8.03 Å². The van der Waals surface area contributed by atoms with Crippen LogP contribution in [-0.4, -0.2) is 30.9 Å². The third-order valence-electron chi connectivity index (χ3n) is 6.63. The maximum Gasteiger partial charge on any atom is 0.376 e. The molecule has 0 spiro atoms. The molecule has 0 saturated heterocycles. The van der Waals surface area contributed by atoms with Crippen molar-refractivity contribution in [3.8, 4) is 0 Å². The highest BCUT2D eigenvalue weighted by Crippen LogP contribution is 2.45. The van der Waals surface area contributed by atoms with E-state index in [2.05, 4.69) is 25.7 Å². The van der Waals surface area contributed by atoms with Crippen molar-refractivity contribution in [3.05, 3.63) is 24.8 Å². The first-order valence-corrected chi connectivity index (χ1v) is 14.2. The lowest BCUT2D eigenvalue weighted by molar-refractivity contribution is -0.910. The van der Waals surface area contributed by atoms with Gasteiger partial charge in [0.15, 0.2) is 0 Å². The second kappa shape index (κ2) is 19.0. The molecule has 0 saturated carbocycles. The summed E-state index contributed by atoms with van der Waals surface area (Å²) in [6, 6.07) is 0. The lowest BCUT2D eigenvalue weighted by Gasteiger charge is -2.39. The van der Waals surface area contributed by atoms with Gasteiger partial charge < -0.3 is 4.89 Å². The number of allylic oxidation sites excluding steroid dienone is 3. The average molecular weight is 455 g/mol. The van der Waals surface area contributed by atoms with Crippen LogP contribution in [0, 0.1) is 0 Å². The molecule has 31 heavy (non-hydrogen) atoms. The van der Waals surface area contributed by atoms with E-state index in [0.29, 0.717) is 4.48 Å². The molecule has 0 aromatic carbocycles. The minimum atomic E-state index is -2.42. The Bertz CT molecular complexity index is 484. The normalized spacial score (nSPS) is 14.7. The van der Waals surface area contributed by atoms with Gasteiger partial charge in [-0.3, -0.25) is 4.48 Å². The molecule has 0 heterocycles. The summed E-state index contributed by atoms with van der Waals surface area (Å²) >= 11 is 0. The minimum absolute atomic E-state index is 0.518. The Kier molecular flexibility index (Phi) is 18.7. The fourth-order valence-electron chi connectivity index (χ4n) is 4.49. The van der Waals surface area contributed by atoms with Crippen LogP contribution in [0.3, 0.4) is 0 Å². The third-order valence-corrected chi connectivity index (χ3v) is 8.36. The van der Waals surface area contributed by atoms with Gasteiger partial charge in [-0.15, -0.1) is 6.58 Å². The van der Waals surface area contributed by atoms with E-state index in [1.165, 1.54) is 77.0 Å². The van der Waals surface area contributed by atoms with Crippen LogP contribution in [0.2, 0.25) is 0 Å². The molecule has 182 valence electrons. The molecule has 0 aromatic rings. The van der Waals surface area contributed by atoms with E-state index in [4.69, 9.17) is 0 Å². The number of unbranched alkanes of at least 4 members (excludes halogenated alkanes) is 13. The fraction of sp³-hybridized carbons (Fsp3) is 0.852. The van der Waals surface area contributed by atoms with E-state index < -0.39 is 13.3 Å². The molecular weight excluding hydrogens is 401 g/mol. The monoisotopic (exact) mass is 454 g/mol. The first-order chi connectivity index (χ1) is 14.8. The molecule has 0 bridgehead atoms. The van der Waals surface area contributed by atoms with Crippen LogP contribution < -0.4 is 4.89 Å². The Morgan fingerprint density at radius 3 is 1.55 bits per heavy atom. The number of nitrogens with zero attached hydrogens (tertiary/aromatic N) is 1. The van der Waals surface area contributed by atoms with Gasteiger partial charge in [0.2, 0.25) is 0 Å². The Labute approximate surface area is 195 Å². The summed E-state index contributed by atoms with van der Waals surface area (Å²) in [6.45, 7) is 5.86. The number of quaternary nitrogens is 1. The highest BCUT2D eigenvalue weighted by atomic mass is 31.1. The van der Waals surface area contributed by atoms with Crippen LogP contribution >= 0.6 is 8.03 Å². The standard InChI is InChI=1S/C27H53NO2P/c1-6-8-9-10-11-12-13-14-15-16-17-18-19-20-21-22-23-24-26-27(25-7-2,31(29)30)28(3,4)5/h6,14-15H,1,7-13,16-26H2,2-5H3/q+1/b15-14-. The van der Waals surface area contributed by atoms with Crippen LogP contribution in [0.15, 0.2) is 24.8 Å². The summed E-state index contributed by atoms with van der Waals surface area (Å²) in [5.41, 5.74) is 0. The minimum Gasteiger partial charge on any atom is -0.590 e. The third kappa shape index (κ3) is 14.3. The molecule has 2 unspecified atom stereocenters. The summed E-state index contributed by atoms with van der Waals surface area (Å²) in [7, 11) is 3.66. The highest BCUT2D eigenvalue weighted by Gasteiger charge is 2.53. The zero-order chi connectivity index (χ0) is 23.4. The van der Waals surface area contributed by atoms with Crippen molar-refractivity contribution < 1.29 is 13.9 Å². The zero-order valence-corrected chi connectivity index (χ0v) is 22.3. The SMILES string of the molecule is C=CCCCCCC/C=C\CCCCCCCCCCC(CCC)([P+](=O)[O-])[N+](C)(C)C. The molecule has 0 aromatic heterocycles. The first-order valence-electron chi connectivity index (χ1n) is 13.0. The highest BCUT2D eigenvalue weighted by molar-refractivity contribution is 7.38. The van der Waals surface area contributed by atoms with Gasteiger partial charge in [-0.1, -0.05) is 81.1 Å². The summed E-state index contributed by atoms with van der Waals surface area (Å²) in [5.74, 6) is 0. The number of hydrogen-bond acceptors (Lipinski definition) is 2. The van der Waals surface area contributed by atoms with E-state index in [1.54, 1.807) is 0 Å². The van der Waals surface area contributed by atoms with Crippen molar-refractivity contribution in [3.63, 3.8) is 0 Å². The molecular formula is C27H53NO2P+. The van der Waals surface area contributed by atoms with Crippen LogP contribution in [0.4, 0.5) is 0 Å². The maximum absolute atomic E-state index is 12.1. The molecule has 3 nitrogen and oxygen atoms in total. The summed E-state index contributed by atoms with van der Waals surface area (Å²) < 4.78 is 12.6. The lowest BCUT2D eigenvalue weighted by atomic mass is 9.99. The Balaban J connectivity index is 3.68. The molecule has 0 N–H and O–H groups in total. The molecule has 0 aliphatic rings. The first kappa shape index (κ1) is 30.5. The van der Waals surface area contributed by atoms with Crippen molar-refractivity contribution in [2.24, 2.45) is 0 Å². The summed E-state index contributed by atoms with van der Waals surface area (Å²) in [5, 5.41) is -0.594. The van der Waals surface area contributed by atoms with E-state index in [0.717, 1.165) is 38.5 Å². The van der Waals surface area contributed by atoms with E-state index in [9.17, 15) is 9.46 Å². The van der Waals surface area contributed by atoms with Gasteiger partial charge in [0.25, 0.3) is 5.28 Å². The number of rotatable bonds is 22. The second-order valence-electron chi connectivity index (χ2n) is 10.1. The van der Waals surface area contributed by atoms with Gasteiger partial charge in [-0.2, -0.15) is 0 Å². The van der Waals surface area contributed by atoms with Crippen molar-refractivity contribution in [1.82, 2.24) is 0 Å². The predicted molar refractivity (Wildman–Crippen MR) is 136 cm³/mol. The van der Waals surface area contributed by atoms with Crippen molar-refractivity contribution in [2.75, 3.05) is 21.1 Å². The lowest BCUT2D eigenvalue weighted by Crippen LogP contribution is -2.55.